The fourth-order valence-electron chi connectivity index (χ4n) is 3.05. The smallest absolute Gasteiger partial charge is 0.275 e. The normalized spacial score (nSPS) is 11.6. The van der Waals surface area contributed by atoms with Crippen LogP contribution in [0.1, 0.15) is 26.5 Å². The standard InChI is InChI=1S/C22H22N6O2/c1-22(2,3)17-12-19(28(26-17)18-10-6-7-11-23-18)25-20(29)14-27-21(30)16-9-5-4-8-15(16)13-24-27/h4-13H,14H2,1-3H3,(H,25,29). The average molecular weight is 402 g/mol. The zero-order valence-corrected chi connectivity index (χ0v) is 17.0. The molecular formula is C22H22N6O2. The van der Waals surface area contributed by atoms with E-state index < -0.39 is 0 Å². The van der Waals surface area contributed by atoms with Gasteiger partial charge in [0, 0.05) is 23.1 Å². The van der Waals surface area contributed by atoms with Gasteiger partial charge in [0.2, 0.25) is 5.91 Å². The molecule has 0 unspecified atom stereocenters. The maximum atomic E-state index is 12.7. The summed E-state index contributed by atoms with van der Waals surface area (Å²) in [4.78, 5) is 29.7. The van der Waals surface area contributed by atoms with Crippen LogP contribution in [0.2, 0.25) is 0 Å². The third-order valence-corrected chi connectivity index (χ3v) is 4.67. The Bertz CT molecular complexity index is 1270. The van der Waals surface area contributed by atoms with Crippen LogP contribution in [0.3, 0.4) is 0 Å². The number of anilines is 1. The fraction of sp³-hybridized carbons (Fsp3) is 0.227. The number of rotatable bonds is 4. The third-order valence-electron chi connectivity index (χ3n) is 4.67. The van der Waals surface area contributed by atoms with Crippen LogP contribution in [0, 0.1) is 0 Å². The van der Waals surface area contributed by atoms with E-state index in [1.165, 1.54) is 0 Å². The van der Waals surface area contributed by atoms with Crippen LogP contribution in [0.15, 0.2) is 65.7 Å². The Balaban J connectivity index is 1.64. The van der Waals surface area contributed by atoms with Gasteiger partial charge in [0.05, 0.1) is 17.3 Å². The second-order valence-electron chi connectivity index (χ2n) is 8.01. The highest BCUT2D eigenvalue weighted by Gasteiger charge is 2.22. The first kappa shape index (κ1) is 19.5. The number of hydrogen-bond donors (Lipinski definition) is 1. The molecular weight excluding hydrogens is 380 g/mol. The van der Waals surface area contributed by atoms with E-state index in [0.717, 1.165) is 15.8 Å². The summed E-state index contributed by atoms with van der Waals surface area (Å²) in [6, 6.07) is 14.5. The van der Waals surface area contributed by atoms with Crippen molar-refractivity contribution in [3.8, 4) is 5.82 Å². The predicted molar refractivity (Wildman–Crippen MR) is 115 cm³/mol. The van der Waals surface area contributed by atoms with Crippen molar-refractivity contribution in [3.63, 3.8) is 0 Å². The SMILES string of the molecule is CC(C)(C)c1cc(NC(=O)Cn2ncc3ccccc3c2=O)n(-c2ccccn2)n1. The van der Waals surface area contributed by atoms with E-state index in [0.29, 0.717) is 17.0 Å². The number of benzene rings is 1. The van der Waals surface area contributed by atoms with Gasteiger partial charge in [-0.15, -0.1) is 0 Å². The van der Waals surface area contributed by atoms with E-state index in [4.69, 9.17) is 0 Å². The first-order valence-corrected chi connectivity index (χ1v) is 9.59. The number of amides is 1. The molecule has 0 saturated carbocycles. The third kappa shape index (κ3) is 3.84. The maximum Gasteiger partial charge on any atom is 0.275 e. The van der Waals surface area contributed by atoms with Gasteiger partial charge < -0.3 is 5.32 Å². The van der Waals surface area contributed by atoms with Crippen LogP contribution >= 0.6 is 0 Å². The predicted octanol–water partition coefficient (Wildman–Crippen LogP) is 2.91. The minimum atomic E-state index is -0.377. The molecule has 8 heteroatoms. The first-order chi connectivity index (χ1) is 14.3. The number of aromatic nitrogens is 5. The lowest BCUT2D eigenvalue weighted by Crippen LogP contribution is -2.30. The zero-order valence-electron chi connectivity index (χ0n) is 17.0. The number of pyridine rings is 1. The van der Waals surface area contributed by atoms with Crippen LogP contribution in [-0.4, -0.2) is 30.5 Å². The van der Waals surface area contributed by atoms with Crippen LogP contribution in [0.25, 0.3) is 16.6 Å². The van der Waals surface area contributed by atoms with Gasteiger partial charge in [0.1, 0.15) is 12.4 Å². The second-order valence-corrected chi connectivity index (χ2v) is 8.01. The molecule has 0 fully saturated rings. The van der Waals surface area contributed by atoms with Gasteiger partial charge in [-0.1, -0.05) is 45.0 Å². The average Bonchev–Trinajstić information content (AvgIpc) is 3.15. The topological polar surface area (TPSA) is 94.7 Å². The molecule has 1 amide bonds. The molecule has 0 saturated heterocycles. The molecule has 0 aliphatic rings. The van der Waals surface area contributed by atoms with E-state index in [1.54, 1.807) is 29.2 Å². The van der Waals surface area contributed by atoms with Crippen molar-refractivity contribution in [3.05, 3.63) is 77.0 Å². The van der Waals surface area contributed by atoms with Gasteiger partial charge in [-0.2, -0.15) is 14.9 Å². The van der Waals surface area contributed by atoms with Crippen molar-refractivity contribution in [1.29, 1.82) is 0 Å². The van der Waals surface area contributed by atoms with Crippen molar-refractivity contribution in [1.82, 2.24) is 24.5 Å². The first-order valence-electron chi connectivity index (χ1n) is 9.59. The largest absolute Gasteiger partial charge is 0.309 e. The Morgan fingerprint density at radius 1 is 1.10 bits per heavy atom. The summed E-state index contributed by atoms with van der Waals surface area (Å²) in [5.41, 5.74) is 0.289. The van der Waals surface area contributed by atoms with Crippen LogP contribution in [0.5, 0.6) is 0 Å². The van der Waals surface area contributed by atoms with Crippen molar-refractivity contribution >= 4 is 22.5 Å². The number of nitrogens with one attached hydrogen (secondary N) is 1. The van der Waals surface area contributed by atoms with E-state index in [1.807, 2.05) is 57.2 Å². The van der Waals surface area contributed by atoms with E-state index in [-0.39, 0.29) is 23.4 Å². The molecule has 0 aliphatic heterocycles. The summed E-state index contributed by atoms with van der Waals surface area (Å²) < 4.78 is 2.75. The van der Waals surface area contributed by atoms with Crippen molar-refractivity contribution in [2.75, 3.05) is 5.32 Å². The molecule has 0 bridgehead atoms. The highest BCUT2D eigenvalue weighted by Crippen LogP contribution is 2.25. The monoisotopic (exact) mass is 402 g/mol. The quantitative estimate of drug-likeness (QED) is 0.566. The minimum Gasteiger partial charge on any atom is -0.309 e. The maximum absolute atomic E-state index is 12.7. The van der Waals surface area contributed by atoms with Gasteiger partial charge >= 0.3 is 0 Å². The van der Waals surface area contributed by atoms with E-state index >= 15 is 0 Å². The molecule has 0 spiro atoms. The molecule has 3 aromatic heterocycles. The van der Waals surface area contributed by atoms with Gasteiger partial charge in [0.15, 0.2) is 5.82 Å². The number of carbonyl (C=O) groups excluding carboxylic acids is 1. The fourth-order valence-corrected chi connectivity index (χ4v) is 3.05. The summed E-state index contributed by atoms with van der Waals surface area (Å²) in [7, 11) is 0. The molecule has 0 radical (unpaired) electrons. The van der Waals surface area contributed by atoms with Gasteiger partial charge in [-0.3, -0.25) is 9.59 Å². The Morgan fingerprint density at radius 3 is 2.60 bits per heavy atom. The molecule has 0 atom stereocenters. The molecule has 4 rings (SSSR count). The molecule has 30 heavy (non-hydrogen) atoms. The number of nitrogens with zero attached hydrogens (tertiary/aromatic N) is 5. The molecule has 0 aliphatic carbocycles. The Labute approximate surface area is 173 Å². The number of fused-ring (bicyclic) bond motifs is 1. The van der Waals surface area contributed by atoms with Gasteiger partial charge in [0.25, 0.3) is 5.56 Å². The lowest BCUT2D eigenvalue weighted by molar-refractivity contribution is -0.117. The minimum absolute atomic E-state index is 0.206. The highest BCUT2D eigenvalue weighted by atomic mass is 16.2. The Kier molecular flexibility index (Phi) is 4.91. The molecule has 1 N–H and O–H groups in total. The van der Waals surface area contributed by atoms with E-state index in [2.05, 4.69) is 20.5 Å². The summed E-state index contributed by atoms with van der Waals surface area (Å²) in [5.74, 6) is 0.694. The molecule has 1 aromatic carbocycles. The second kappa shape index (κ2) is 7.55. The zero-order chi connectivity index (χ0) is 21.3. The summed E-state index contributed by atoms with van der Waals surface area (Å²) in [6.45, 7) is 5.93. The highest BCUT2D eigenvalue weighted by molar-refractivity contribution is 5.90. The molecule has 3 heterocycles. The van der Waals surface area contributed by atoms with Gasteiger partial charge in [-0.05, 0) is 18.2 Å². The van der Waals surface area contributed by atoms with E-state index in [9.17, 15) is 9.59 Å². The van der Waals surface area contributed by atoms with Crippen molar-refractivity contribution in [2.45, 2.75) is 32.7 Å². The Hall–Kier alpha value is -3.81. The lowest BCUT2D eigenvalue weighted by atomic mass is 9.92. The van der Waals surface area contributed by atoms with Crippen LogP contribution in [0.4, 0.5) is 5.82 Å². The molecule has 8 nitrogen and oxygen atoms in total. The van der Waals surface area contributed by atoms with Crippen LogP contribution < -0.4 is 10.9 Å². The van der Waals surface area contributed by atoms with Crippen molar-refractivity contribution in [2.24, 2.45) is 0 Å². The van der Waals surface area contributed by atoms with Crippen molar-refractivity contribution < 1.29 is 4.79 Å². The summed E-state index contributed by atoms with van der Waals surface area (Å²) >= 11 is 0. The number of hydrogen-bond acceptors (Lipinski definition) is 5. The summed E-state index contributed by atoms with van der Waals surface area (Å²) in [6.07, 6.45) is 3.25. The molecule has 152 valence electrons. The summed E-state index contributed by atoms with van der Waals surface area (Å²) in [5, 5.41) is 12.9. The van der Waals surface area contributed by atoms with Crippen LogP contribution in [-0.2, 0) is 16.8 Å². The lowest BCUT2D eigenvalue weighted by Gasteiger charge is -2.13. The molecule has 4 aromatic rings. The Morgan fingerprint density at radius 2 is 1.87 bits per heavy atom. The number of carbonyl (C=O) groups is 1. The van der Waals surface area contributed by atoms with Gasteiger partial charge in [-0.25, -0.2) is 9.67 Å².